The third-order valence-corrected chi connectivity index (χ3v) is 5.72. The lowest BCUT2D eigenvalue weighted by Crippen LogP contribution is -2.44. The molecule has 0 radical (unpaired) electrons. The number of carbonyl (C=O) groups is 1. The Morgan fingerprint density at radius 3 is 2.58 bits per heavy atom. The van der Waals surface area contributed by atoms with E-state index in [1.165, 1.54) is 12.1 Å². The second-order valence-electron chi connectivity index (χ2n) is 5.61. The van der Waals surface area contributed by atoms with Gasteiger partial charge in [-0.25, -0.2) is 22.3 Å². The van der Waals surface area contributed by atoms with Crippen LogP contribution in [0.25, 0.3) is 0 Å². The number of halogens is 2. The molecule has 0 saturated heterocycles. The molecule has 1 saturated carbocycles. The van der Waals surface area contributed by atoms with Gasteiger partial charge in [0.1, 0.15) is 11.4 Å². The van der Waals surface area contributed by atoms with Crippen molar-refractivity contribution < 1.29 is 22.3 Å². The van der Waals surface area contributed by atoms with Gasteiger partial charge in [-0.15, -0.1) is 12.4 Å². The molecule has 0 heterocycles. The number of hydrogen-bond donors (Lipinski definition) is 2. The highest BCUT2D eigenvalue weighted by molar-refractivity contribution is 7.89. The molecule has 3 N–H and O–H groups in total. The summed E-state index contributed by atoms with van der Waals surface area (Å²) in [6.45, 7) is 0.146. The number of benzene rings is 1. The minimum Gasteiger partial charge on any atom is -0.465 e. The molecule has 1 aromatic carbocycles. The Balaban J connectivity index is 0.00000288. The van der Waals surface area contributed by atoms with Gasteiger partial charge in [-0.05, 0) is 30.9 Å². The smallest absolute Gasteiger partial charge is 0.342 e. The maximum atomic E-state index is 13.9. The molecular formula is C15H22ClFN2O4S. The van der Waals surface area contributed by atoms with Crippen LogP contribution in [0.2, 0.25) is 0 Å². The van der Waals surface area contributed by atoms with Gasteiger partial charge in [0.2, 0.25) is 10.0 Å². The largest absolute Gasteiger partial charge is 0.465 e. The van der Waals surface area contributed by atoms with Gasteiger partial charge in [-0.3, -0.25) is 0 Å². The maximum Gasteiger partial charge on any atom is 0.342 e. The summed E-state index contributed by atoms with van der Waals surface area (Å²) in [6, 6.07) is 3.00. The SMILES string of the molecule is COC(=O)c1c(F)cccc1S(=O)(=O)NC(CN)C1CCCC1.Cl. The molecular weight excluding hydrogens is 359 g/mol. The number of esters is 1. The van der Waals surface area contributed by atoms with Crippen LogP contribution in [0.4, 0.5) is 4.39 Å². The number of nitrogens with two attached hydrogens (primary N) is 1. The Bertz CT molecular complexity index is 678. The van der Waals surface area contributed by atoms with Crippen LogP contribution in [0.5, 0.6) is 0 Å². The van der Waals surface area contributed by atoms with Crippen molar-refractivity contribution in [2.45, 2.75) is 36.6 Å². The molecule has 2 rings (SSSR count). The molecule has 9 heteroatoms. The Hall–Kier alpha value is -1.22. The summed E-state index contributed by atoms with van der Waals surface area (Å²) in [6.07, 6.45) is 3.88. The first-order valence-corrected chi connectivity index (χ1v) is 8.98. The summed E-state index contributed by atoms with van der Waals surface area (Å²) in [7, 11) is -3.02. The highest BCUT2D eigenvalue weighted by atomic mass is 35.5. The minimum absolute atomic E-state index is 0. The van der Waals surface area contributed by atoms with E-state index in [0.717, 1.165) is 38.9 Å². The average Bonchev–Trinajstić information content (AvgIpc) is 3.06. The van der Waals surface area contributed by atoms with Gasteiger partial charge in [0.15, 0.2) is 0 Å². The second kappa shape index (κ2) is 8.75. The van der Waals surface area contributed by atoms with Crippen molar-refractivity contribution in [2.24, 2.45) is 11.7 Å². The zero-order valence-corrected chi connectivity index (χ0v) is 15.0. The van der Waals surface area contributed by atoms with Crippen molar-refractivity contribution >= 4 is 28.4 Å². The number of nitrogens with one attached hydrogen (secondary N) is 1. The lowest BCUT2D eigenvalue weighted by molar-refractivity contribution is 0.0590. The molecule has 1 fully saturated rings. The van der Waals surface area contributed by atoms with Gasteiger partial charge < -0.3 is 10.5 Å². The molecule has 6 nitrogen and oxygen atoms in total. The number of rotatable bonds is 6. The van der Waals surface area contributed by atoms with Crippen LogP contribution < -0.4 is 10.5 Å². The lowest BCUT2D eigenvalue weighted by Gasteiger charge is -2.23. The summed E-state index contributed by atoms with van der Waals surface area (Å²) in [4.78, 5) is 11.3. The van der Waals surface area contributed by atoms with Crippen LogP contribution in [-0.2, 0) is 14.8 Å². The number of hydrogen-bond acceptors (Lipinski definition) is 5. The molecule has 24 heavy (non-hydrogen) atoms. The molecule has 0 amide bonds. The third kappa shape index (κ3) is 4.44. The topological polar surface area (TPSA) is 98.5 Å². The van der Waals surface area contributed by atoms with Crippen LogP contribution in [0.3, 0.4) is 0 Å². The van der Waals surface area contributed by atoms with Crippen LogP contribution in [0.15, 0.2) is 23.1 Å². The van der Waals surface area contributed by atoms with Gasteiger partial charge in [0.05, 0.1) is 12.0 Å². The van der Waals surface area contributed by atoms with Gasteiger partial charge >= 0.3 is 5.97 Å². The fourth-order valence-corrected chi connectivity index (χ4v) is 4.51. The van der Waals surface area contributed by atoms with E-state index in [1.807, 2.05) is 0 Å². The molecule has 136 valence electrons. The predicted molar refractivity (Wildman–Crippen MR) is 90.1 cm³/mol. The molecule has 1 aliphatic rings. The highest BCUT2D eigenvalue weighted by Gasteiger charge is 2.31. The van der Waals surface area contributed by atoms with E-state index in [1.54, 1.807) is 0 Å². The van der Waals surface area contributed by atoms with Crippen LogP contribution in [0, 0.1) is 11.7 Å². The Morgan fingerprint density at radius 2 is 2.04 bits per heavy atom. The summed E-state index contributed by atoms with van der Waals surface area (Å²) < 4.78 is 46.2. The number of sulfonamides is 1. The molecule has 0 aromatic heterocycles. The maximum absolute atomic E-state index is 13.9. The standard InChI is InChI=1S/C15H21FN2O4S.ClH/c1-22-15(19)14-11(16)7-4-8-13(14)23(20,21)18-12(9-17)10-5-2-3-6-10;/h4,7-8,10,12,18H,2-3,5-6,9,17H2,1H3;1H. The number of methoxy groups -OCH3 is 1. The number of ether oxygens (including phenoxy) is 1. The van der Waals surface area contributed by atoms with Gasteiger partial charge in [0, 0.05) is 12.6 Å². The zero-order valence-electron chi connectivity index (χ0n) is 13.3. The van der Waals surface area contributed by atoms with E-state index in [2.05, 4.69) is 9.46 Å². The fourth-order valence-electron chi connectivity index (χ4n) is 2.99. The van der Waals surface area contributed by atoms with Crippen LogP contribution in [0.1, 0.15) is 36.0 Å². The Morgan fingerprint density at radius 1 is 1.42 bits per heavy atom. The van der Waals surface area contributed by atoms with Crippen LogP contribution >= 0.6 is 12.4 Å². The van der Waals surface area contributed by atoms with Gasteiger partial charge in [0.25, 0.3) is 0 Å². The van der Waals surface area contributed by atoms with Crippen molar-refractivity contribution in [1.82, 2.24) is 4.72 Å². The highest BCUT2D eigenvalue weighted by Crippen LogP contribution is 2.29. The quantitative estimate of drug-likeness (QED) is 0.733. The molecule has 0 spiro atoms. The van der Waals surface area contributed by atoms with Gasteiger partial charge in [-0.2, -0.15) is 0 Å². The number of carbonyl (C=O) groups excluding carboxylic acids is 1. The second-order valence-corrected chi connectivity index (χ2v) is 7.29. The minimum atomic E-state index is -4.09. The first kappa shape index (κ1) is 20.8. The summed E-state index contributed by atoms with van der Waals surface area (Å²) in [5.41, 5.74) is 5.11. The van der Waals surface area contributed by atoms with E-state index in [0.29, 0.717) is 0 Å². The lowest BCUT2D eigenvalue weighted by atomic mass is 9.99. The van der Waals surface area contributed by atoms with Crippen molar-refractivity contribution in [1.29, 1.82) is 0 Å². The Labute approximate surface area is 147 Å². The molecule has 0 bridgehead atoms. The average molecular weight is 381 g/mol. The summed E-state index contributed by atoms with van der Waals surface area (Å²) in [5, 5.41) is 0. The summed E-state index contributed by atoms with van der Waals surface area (Å²) >= 11 is 0. The van der Waals surface area contributed by atoms with E-state index in [9.17, 15) is 17.6 Å². The molecule has 1 unspecified atom stereocenters. The van der Waals surface area contributed by atoms with Gasteiger partial charge in [-0.1, -0.05) is 18.9 Å². The fraction of sp³-hybridized carbons (Fsp3) is 0.533. The monoisotopic (exact) mass is 380 g/mol. The van der Waals surface area contributed by atoms with Crippen molar-refractivity contribution in [3.05, 3.63) is 29.6 Å². The van der Waals surface area contributed by atoms with E-state index >= 15 is 0 Å². The third-order valence-electron chi connectivity index (χ3n) is 4.18. The van der Waals surface area contributed by atoms with E-state index in [4.69, 9.17) is 5.73 Å². The molecule has 1 aromatic rings. The van der Waals surface area contributed by atoms with Crippen molar-refractivity contribution in [2.75, 3.05) is 13.7 Å². The van der Waals surface area contributed by atoms with Crippen molar-refractivity contribution in [3.8, 4) is 0 Å². The molecule has 0 aliphatic heterocycles. The van der Waals surface area contributed by atoms with E-state index < -0.39 is 38.3 Å². The molecule has 1 aliphatic carbocycles. The van der Waals surface area contributed by atoms with E-state index in [-0.39, 0.29) is 24.9 Å². The first-order chi connectivity index (χ1) is 10.9. The first-order valence-electron chi connectivity index (χ1n) is 7.50. The Kier molecular flexibility index (Phi) is 7.59. The molecule has 1 atom stereocenters. The zero-order chi connectivity index (χ0) is 17.0. The van der Waals surface area contributed by atoms with Crippen LogP contribution in [-0.4, -0.2) is 34.1 Å². The summed E-state index contributed by atoms with van der Waals surface area (Å²) in [5.74, 6) is -1.82. The normalized spacial score (nSPS) is 16.5. The van der Waals surface area contributed by atoms with Crippen molar-refractivity contribution in [3.63, 3.8) is 0 Å². The predicted octanol–water partition coefficient (Wildman–Crippen LogP) is 1.83.